The minimum atomic E-state index is 0.839. The van der Waals surface area contributed by atoms with E-state index in [2.05, 4.69) is 53.5 Å². The molecule has 0 bridgehead atoms. The van der Waals surface area contributed by atoms with E-state index >= 15 is 0 Å². The zero-order valence-corrected chi connectivity index (χ0v) is 11.2. The maximum Gasteiger partial charge on any atom is 0.152 e. The molecule has 2 aliphatic heterocycles. The Morgan fingerprint density at radius 2 is 1.65 bits per heavy atom. The molecule has 3 nitrogen and oxygen atoms in total. The third-order valence-electron chi connectivity index (χ3n) is 3.75. The van der Waals surface area contributed by atoms with Crippen molar-refractivity contribution >= 4 is 11.5 Å². The highest BCUT2D eigenvalue weighted by Crippen LogP contribution is 2.24. The van der Waals surface area contributed by atoms with Crippen LogP contribution in [0.3, 0.4) is 0 Å². The number of hydrazone groups is 1. The van der Waals surface area contributed by atoms with Crippen LogP contribution in [-0.4, -0.2) is 29.6 Å². The molecule has 0 spiro atoms. The molecule has 4 rings (SSSR count). The van der Waals surface area contributed by atoms with Gasteiger partial charge in [-0.25, -0.2) is 5.01 Å². The quantitative estimate of drug-likeness (QED) is 0.817. The van der Waals surface area contributed by atoms with Gasteiger partial charge in [-0.05, 0) is 5.56 Å². The molecule has 0 radical (unpaired) electrons. The predicted octanol–water partition coefficient (Wildman–Crippen LogP) is 2.71. The van der Waals surface area contributed by atoms with Gasteiger partial charge in [0.15, 0.2) is 5.84 Å². The molecule has 98 valence electrons. The Hall–Kier alpha value is -2.42. The van der Waals surface area contributed by atoms with Crippen LogP contribution in [-0.2, 0) is 6.42 Å². The Balaban J connectivity index is 1.78. The number of hydrogen-bond donors (Lipinski definition) is 0. The predicted molar refractivity (Wildman–Crippen MR) is 81.2 cm³/mol. The van der Waals surface area contributed by atoms with E-state index in [-0.39, 0.29) is 0 Å². The molecule has 2 aliphatic rings. The topological polar surface area (TPSA) is 28.0 Å². The van der Waals surface area contributed by atoms with Crippen molar-refractivity contribution < 1.29 is 0 Å². The van der Waals surface area contributed by atoms with E-state index < -0.39 is 0 Å². The van der Waals surface area contributed by atoms with E-state index in [1.807, 2.05) is 11.1 Å². The second-order valence-corrected chi connectivity index (χ2v) is 5.08. The number of hydrogen-bond acceptors (Lipinski definition) is 3. The van der Waals surface area contributed by atoms with Crippen molar-refractivity contribution in [3.8, 4) is 0 Å². The maximum absolute atomic E-state index is 4.80. The highest BCUT2D eigenvalue weighted by atomic mass is 15.5. The highest BCUT2D eigenvalue weighted by molar-refractivity contribution is 6.15. The van der Waals surface area contributed by atoms with Crippen LogP contribution in [0.5, 0.6) is 0 Å². The summed E-state index contributed by atoms with van der Waals surface area (Å²) in [5.74, 6) is 1.03. The van der Waals surface area contributed by atoms with Gasteiger partial charge in [0.1, 0.15) is 0 Å². The summed E-state index contributed by atoms with van der Waals surface area (Å²) in [5, 5.41) is 6.84. The lowest BCUT2D eigenvalue weighted by Gasteiger charge is -2.24. The normalized spacial score (nSPS) is 16.3. The average Bonchev–Trinajstić information content (AvgIpc) is 2.97. The van der Waals surface area contributed by atoms with Crippen molar-refractivity contribution in [1.29, 1.82) is 0 Å². The van der Waals surface area contributed by atoms with Gasteiger partial charge in [-0.15, -0.1) is 0 Å². The fourth-order valence-electron chi connectivity index (χ4n) is 2.81. The van der Waals surface area contributed by atoms with Crippen molar-refractivity contribution in [2.45, 2.75) is 6.42 Å². The SMILES string of the molecule is c1ccc(CC2=NN3CCN=C3c3ccccc32)cc1. The fraction of sp³-hybridized carbons (Fsp3) is 0.176. The van der Waals surface area contributed by atoms with Crippen molar-refractivity contribution in [2.75, 3.05) is 13.1 Å². The highest BCUT2D eigenvalue weighted by Gasteiger charge is 2.27. The lowest BCUT2D eigenvalue weighted by Crippen LogP contribution is -2.31. The minimum Gasteiger partial charge on any atom is -0.265 e. The van der Waals surface area contributed by atoms with Crippen LogP contribution in [0.25, 0.3) is 0 Å². The Labute approximate surface area is 118 Å². The zero-order valence-electron chi connectivity index (χ0n) is 11.2. The van der Waals surface area contributed by atoms with Crippen LogP contribution in [0, 0.1) is 0 Å². The molecule has 0 unspecified atom stereocenters. The van der Waals surface area contributed by atoms with Gasteiger partial charge in [0.2, 0.25) is 0 Å². The Morgan fingerprint density at radius 1 is 0.900 bits per heavy atom. The molecule has 3 heteroatoms. The molecule has 0 saturated carbocycles. The molecular formula is C17H15N3. The summed E-state index contributed by atoms with van der Waals surface area (Å²) in [4.78, 5) is 4.58. The molecule has 0 fully saturated rings. The Bertz CT molecular complexity index is 701. The number of amidine groups is 1. The van der Waals surface area contributed by atoms with Crippen molar-refractivity contribution in [1.82, 2.24) is 5.01 Å². The van der Waals surface area contributed by atoms with Crippen LogP contribution in [0.4, 0.5) is 0 Å². The lowest BCUT2D eigenvalue weighted by atomic mass is 9.96. The third kappa shape index (κ3) is 1.83. The van der Waals surface area contributed by atoms with Crippen molar-refractivity contribution in [3.63, 3.8) is 0 Å². The summed E-state index contributed by atoms with van der Waals surface area (Å²) in [6.45, 7) is 1.73. The molecule has 0 atom stereocenters. The van der Waals surface area contributed by atoms with Gasteiger partial charge in [0.25, 0.3) is 0 Å². The molecule has 2 aromatic carbocycles. The van der Waals surface area contributed by atoms with Gasteiger partial charge in [-0.2, -0.15) is 5.10 Å². The summed E-state index contributed by atoms with van der Waals surface area (Å²) < 4.78 is 0. The van der Waals surface area contributed by atoms with E-state index in [1.165, 1.54) is 16.7 Å². The number of aliphatic imine (C=N–C) groups is 1. The number of fused-ring (bicyclic) bond motifs is 3. The first-order chi connectivity index (χ1) is 9.92. The van der Waals surface area contributed by atoms with Gasteiger partial charge in [-0.1, -0.05) is 54.6 Å². The van der Waals surface area contributed by atoms with Gasteiger partial charge >= 0.3 is 0 Å². The second kappa shape index (κ2) is 4.60. The largest absolute Gasteiger partial charge is 0.265 e. The minimum absolute atomic E-state index is 0.839. The van der Waals surface area contributed by atoms with Crippen LogP contribution >= 0.6 is 0 Å². The summed E-state index contributed by atoms with van der Waals surface area (Å²) in [6, 6.07) is 18.9. The monoisotopic (exact) mass is 261 g/mol. The van der Waals surface area contributed by atoms with E-state index in [1.54, 1.807) is 0 Å². The van der Waals surface area contributed by atoms with E-state index in [0.29, 0.717) is 0 Å². The lowest BCUT2D eigenvalue weighted by molar-refractivity contribution is 0.485. The fourth-order valence-corrected chi connectivity index (χ4v) is 2.81. The molecule has 0 aromatic heterocycles. The number of rotatable bonds is 2. The third-order valence-corrected chi connectivity index (χ3v) is 3.75. The first kappa shape index (κ1) is 11.4. The van der Waals surface area contributed by atoms with E-state index in [9.17, 15) is 0 Å². The first-order valence-electron chi connectivity index (χ1n) is 6.95. The zero-order chi connectivity index (χ0) is 13.4. The van der Waals surface area contributed by atoms with Crippen LogP contribution in [0.15, 0.2) is 64.7 Å². The molecule has 2 aromatic rings. The second-order valence-electron chi connectivity index (χ2n) is 5.08. The number of benzene rings is 2. The first-order valence-corrected chi connectivity index (χ1v) is 6.95. The summed E-state index contributed by atoms with van der Waals surface area (Å²) >= 11 is 0. The summed E-state index contributed by atoms with van der Waals surface area (Å²) in [5.41, 5.74) is 4.85. The van der Waals surface area contributed by atoms with Crippen molar-refractivity contribution in [2.24, 2.45) is 10.1 Å². The van der Waals surface area contributed by atoms with Crippen molar-refractivity contribution in [3.05, 3.63) is 71.3 Å². The molecule has 0 amide bonds. The van der Waals surface area contributed by atoms with Gasteiger partial charge in [0.05, 0.1) is 18.8 Å². The summed E-state index contributed by atoms with van der Waals surface area (Å²) in [7, 11) is 0. The Morgan fingerprint density at radius 3 is 2.50 bits per heavy atom. The molecule has 0 saturated heterocycles. The van der Waals surface area contributed by atoms with E-state index in [4.69, 9.17) is 5.10 Å². The molecular weight excluding hydrogens is 246 g/mol. The van der Waals surface area contributed by atoms with Crippen LogP contribution in [0.1, 0.15) is 16.7 Å². The Kier molecular flexibility index (Phi) is 2.62. The maximum atomic E-state index is 4.80. The van der Waals surface area contributed by atoms with Gasteiger partial charge in [0, 0.05) is 17.5 Å². The molecule has 2 heterocycles. The summed E-state index contributed by atoms with van der Waals surface area (Å²) in [6.07, 6.45) is 0.863. The molecule has 0 N–H and O–H groups in total. The average molecular weight is 261 g/mol. The van der Waals surface area contributed by atoms with Gasteiger partial charge in [-0.3, -0.25) is 4.99 Å². The van der Waals surface area contributed by atoms with Gasteiger partial charge < -0.3 is 0 Å². The number of nitrogens with zero attached hydrogens (tertiary/aromatic N) is 3. The van der Waals surface area contributed by atoms with E-state index in [0.717, 1.165) is 31.1 Å². The molecule has 0 aliphatic carbocycles. The molecule has 20 heavy (non-hydrogen) atoms. The van der Waals surface area contributed by atoms with Crippen LogP contribution < -0.4 is 0 Å². The van der Waals surface area contributed by atoms with Crippen LogP contribution in [0.2, 0.25) is 0 Å². The standard InChI is InChI=1S/C17H15N3/c1-2-6-13(7-3-1)12-16-14-8-4-5-9-15(14)17-18-10-11-20(17)19-16/h1-9H,10-12H2. The smallest absolute Gasteiger partial charge is 0.152 e.